The molecule has 3 nitrogen and oxygen atoms in total. The molecule has 6 heteroatoms. The van der Waals surface area contributed by atoms with Crippen molar-refractivity contribution in [3.8, 4) is 0 Å². The van der Waals surface area contributed by atoms with Crippen LogP contribution in [0.5, 0.6) is 0 Å². The van der Waals surface area contributed by atoms with Gasteiger partial charge in [-0.05, 0) is 31.8 Å². The Morgan fingerprint density at radius 3 is 2.58 bits per heavy atom. The van der Waals surface area contributed by atoms with E-state index < -0.39 is 12.3 Å². The highest BCUT2D eigenvalue weighted by atomic mass is 19.4. The second-order valence-corrected chi connectivity index (χ2v) is 5.75. The minimum atomic E-state index is -4.52. The van der Waals surface area contributed by atoms with Gasteiger partial charge in [-0.1, -0.05) is 20.3 Å². The molecule has 2 unspecified atom stereocenters. The standard InChI is InChI=1S/C13H25F3N2O/c1-10(2)7-17-8-11-5-3-4-6-18(11)9-12(19)13(14,15)16/h10-12,17,19H,3-9H2,1-2H3. The summed E-state index contributed by atoms with van der Waals surface area (Å²) in [6.45, 7) is 6.09. The van der Waals surface area contributed by atoms with E-state index in [2.05, 4.69) is 19.2 Å². The highest BCUT2D eigenvalue weighted by Gasteiger charge is 2.40. The average molecular weight is 282 g/mol. The van der Waals surface area contributed by atoms with Crippen LogP contribution in [0.1, 0.15) is 33.1 Å². The molecule has 19 heavy (non-hydrogen) atoms. The molecule has 1 aliphatic heterocycles. The Kier molecular flexibility index (Phi) is 6.56. The predicted molar refractivity (Wildman–Crippen MR) is 69.0 cm³/mol. The van der Waals surface area contributed by atoms with Crippen LogP contribution in [0, 0.1) is 5.92 Å². The molecule has 0 bridgehead atoms. The first-order valence-electron chi connectivity index (χ1n) is 7.00. The van der Waals surface area contributed by atoms with Gasteiger partial charge < -0.3 is 10.4 Å². The monoisotopic (exact) mass is 282 g/mol. The molecule has 0 radical (unpaired) electrons. The van der Waals surface area contributed by atoms with E-state index >= 15 is 0 Å². The number of β-amino-alcohol motifs (C(OH)–C–C–N with tert-alkyl or cyclic N) is 1. The van der Waals surface area contributed by atoms with Gasteiger partial charge >= 0.3 is 6.18 Å². The summed E-state index contributed by atoms with van der Waals surface area (Å²) in [5, 5.41) is 12.5. The number of halogens is 3. The Labute approximate surface area is 113 Å². The fourth-order valence-corrected chi connectivity index (χ4v) is 2.40. The molecule has 1 rings (SSSR count). The van der Waals surface area contributed by atoms with Crippen LogP contribution in [0.2, 0.25) is 0 Å². The van der Waals surface area contributed by atoms with Gasteiger partial charge in [0.15, 0.2) is 6.10 Å². The molecule has 1 aliphatic rings. The number of hydrogen-bond acceptors (Lipinski definition) is 3. The Hall–Kier alpha value is -0.330. The van der Waals surface area contributed by atoms with E-state index in [1.165, 1.54) is 0 Å². The van der Waals surface area contributed by atoms with Crippen LogP contribution in [-0.4, -0.2) is 54.5 Å². The number of nitrogens with one attached hydrogen (secondary N) is 1. The van der Waals surface area contributed by atoms with Gasteiger partial charge in [0.25, 0.3) is 0 Å². The molecular weight excluding hydrogens is 257 g/mol. The quantitative estimate of drug-likeness (QED) is 0.782. The number of aliphatic hydroxyl groups excluding tert-OH is 1. The minimum absolute atomic E-state index is 0.101. The zero-order valence-electron chi connectivity index (χ0n) is 11.7. The summed E-state index contributed by atoms with van der Waals surface area (Å²) in [4.78, 5) is 1.77. The third kappa shape index (κ3) is 6.10. The third-order valence-corrected chi connectivity index (χ3v) is 3.47. The van der Waals surface area contributed by atoms with Crippen molar-refractivity contribution in [3.05, 3.63) is 0 Å². The number of likely N-dealkylation sites (tertiary alicyclic amines) is 1. The van der Waals surface area contributed by atoms with E-state index in [-0.39, 0.29) is 12.6 Å². The summed E-state index contributed by atoms with van der Waals surface area (Å²) < 4.78 is 37.2. The van der Waals surface area contributed by atoms with Gasteiger partial charge in [-0.3, -0.25) is 4.90 Å². The molecule has 114 valence electrons. The first kappa shape index (κ1) is 16.7. The zero-order valence-corrected chi connectivity index (χ0v) is 11.7. The van der Waals surface area contributed by atoms with Crippen molar-refractivity contribution < 1.29 is 18.3 Å². The molecule has 1 fully saturated rings. The summed E-state index contributed by atoms with van der Waals surface area (Å²) in [7, 11) is 0. The maximum Gasteiger partial charge on any atom is 0.415 e. The van der Waals surface area contributed by atoms with Crippen molar-refractivity contribution in [2.75, 3.05) is 26.2 Å². The topological polar surface area (TPSA) is 35.5 Å². The Bertz CT molecular complexity index is 259. The Morgan fingerprint density at radius 2 is 2.00 bits per heavy atom. The third-order valence-electron chi connectivity index (χ3n) is 3.47. The van der Waals surface area contributed by atoms with Gasteiger partial charge in [0.1, 0.15) is 0 Å². The van der Waals surface area contributed by atoms with E-state index in [1.807, 2.05) is 0 Å². The summed E-state index contributed by atoms with van der Waals surface area (Å²) in [6.07, 6.45) is -3.90. The lowest BCUT2D eigenvalue weighted by atomic mass is 10.0. The molecule has 0 aromatic carbocycles. The van der Waals surface area contributed by atoms with Crippen molar-refractivity contribution in [3.63, 3.8) is 0 Å². The van der Waals surface area contributed by atoms with Crippen molar-refractivity contribution in [1.82, 2.24) is 10.2 Å². The van der Waals surface area contributed by atoms with Gasteiger partial charge in [0.05, 0.1) is 0 Å². The van der Waals surface area contributed by atoms with Crippen molar-refractivity contribution in [2.24, 2.45) is 5.92 Å². The van der Waals surface area contributed by atoms with Crippen LogP contribution in [0.3, 0.4) is 0 Å². The van der Waals surface area contributed by atoms with Gasteiger partial charge in [-0.15, -0.1) is 0 Å². The zero-order chi connectivity index (χ0) is 14.5. The van der Waals surface area contributed by atoms with Crippen LogP contribution in [0.25, 0.3) is 0 Å². The van der Waals surface area contributed by atoms with Crippen molar-refractivity contribution >= 4 is 0 Å². The molecule has 0 saturated carbocycles. The summed E-state index contributed by atoms with van der Waals surface area (Å²) in [5.74, 6) is 0.526. The molecule has 1 saturated heterocycles. The van der Waals surface area contributed by atoms with Crippen LogP contribution < -0.4 is 5.32 Å². The SMILES string of the molecule is CC(C)CNCC1CCCCN1CC(O)C(F)(F)F. The van der Waals surface area contributed by atoms with Gasteiger partial charge in [0, 0.05) is 19.1 Å². The van der Waals surface area contributed by atoms with Crippen LogP contribution >= 0.6 is 0 Å². The lowest BCUT2D eigenvalue weighted by molar-refractivity contribution is -0.210. The molecule has 0 aromatic rings. The molecule has 1 heterocycles. The van der Waals surface area contributed by atoms with Crippen LogP contribution in [0.4, 0.5) is 13.2 Å². The number of alkyl halides is 3. The maximum absolute atomic E-state index is 12.4. The molecule has 0 aliphatic carbocycles. The lowest BCUT2D eigenvalue weighted by Crippen LogP contribution is -2.51. The summed E-state index contributed by atoms with van der Waals surface area (Å²) in [5.41, 5.74) is 0. The number of nitrogens with zero attached hydrogens (tertiary/aromatic N) is 1. The Morgan fingerprint density at radius 1 is 1.32 bits per heavy atom. The maximum atomic E-state index is 12.4. The Balaban J connectivity index is 2.43. The highest BCUT2D eigenvalue weighted by Crippen LogP contribution is 2.24. The summed E-state index contributed by atoms with van der Waals surface area (Å²) in [6, 6.07) is 0.101. The summed E-state index contributed by atoms with van der Waals surface area (Å²) >= 11 is 0. The van der Waals surface area contributed by atoms with E-state index in [0.29, 0.717) is 19.0 Å². The van der Waals surface area contributed by atoms with Crippen LogP contribution in [-0.2, 0) is 0 Å². The number of piperidine rings is 1. The highest BCUT2D eigenvalue weighted by molar-refractivity contribution is 4.82. The van der Waals surface area contributed by atoms with Gasteiger partial charge in [-0.2, -0.15) is 13.2 Å². The van der Waals surface area contributed by atoms with Crippen molar-refractivity contribution in [1.29, 1.82) is 0 Å². The largest absolute Gasteiger partial charge is 0.415 e. The van der Waals surface area contributed by atoms with E-state index in [0.717, 1.165) is 25.8 Å². The van der Waals surface area contributed by atoms with E-state index in [1.54, 1.807) is 4.90 Å². The van der Waals surface area contributed by atoms with Gasteiger partial charge in [0.2, 0.25) is 0 Å². The molecule has 0 amide bonds. The second kappa shape index (κ2) is 7.45. The fraction of sp³-hybridized carbons (Fsp3) is 1.00. The molecule has 2 atom stereocenters. The van der Waals surface area contributed by atoms with E-state index in [9.17, 15) is 18.3 Å². The average Bonchev–Trinajstić information content (AvgIpc) is 2.29. The molecule has 0 aromatic heterocycles. The smallest absolute Gasteiger partial charge is 0.382 e. The lowest BCUT2D eigenvalue weighted by Gasteiger charge is -2.37. The van der Waals surface area contributed by atoms with Crippen LogP contribution in [0.15, 0.2) is 0 Å². The predicted octanol–water partition coefficient (Wildman–Crippen LogP) is 2.01. The van der Waals surface area contributed by atoms with Crippen molar-refractivity contribution in [2.45, 2.75) is 51.4 Å². The fourth-order valence-electron chi connectivity index (χ4n) is 2.40. The molecular formula is C13H25F3N2O. The van der Waals surface area contributed by atoms with E-state index in [4.69, 9.17) is 0 Å². The molecule has 0 spiro atoms. The minimum Gasteiger partial charge on any atom is -0.382 e. The second-order valence-electron chi connectivity index (χ2n) is 5.75. The first-order chi connectivity index (χ1) is 8.80. The molecule has 2 N–H and O–H groups in total. The number of aliphatic hydroxyl groups is 1. The first-order valence-corrected chi connectivity index (χ1v) is 7.00. The number of hydrogen-bond donors (Lipinski definition) is 2. The normalized spacial score (nSPS) is 23.8. The number of rotatable bonds is 6. The van der Waals surface area contributed by atoms with Gasteiger partial charge in [-0.25, -0.2) is 0 Å².